The summed E-state index contributed by atoms with van der Waals surface area (Å²) in [5, 5.41) is 3.12. The van der Waals surface area contributed by atoms with Crippen molar-refractivity contribution in [3.63, 3.8) is 0 Å². The highest BCUT2D eigenvalue weighted by atomic mass is 35.5. The number of halogens is 4. The molecule has 0 fully saturated rings. The Kier molecular flexibility index (Phi) is 9.42. The van der Waals surface area contributed by atoms with Gasteiger partial charge in [-0.1, -0.05) is 70.2 Å². The van der Waals surface area contributed by atoms with Crippen molar-refractivity contribution in [2.75, 3.05) is 20.9 Å². The number of anilines is 3. The summed E-state index contributed by atoms with van der Waals surface area (Å²) in [5.41, 5.74) is 1.24. The second-order valence-corrected chi connectivity index (χ2v) is 13.9. The Balaban J connectivity index is 1.56. The molecular formula is C27H21Cl4N3O5S2. The van der Waals surface area contributed by atoms with Gasteiger partial charge in [-0.05, 0) is 73.7 Å². The monoisotopic (exact) mass is 671 g/mol. The number of hydrogen-bond acceptors (Lipinski definition) is 5. The van der Waals surface area contributed by atoms with Gasteiger partial charge in [0.15, 0.2) is 0 Å². The van der Waals surface area contributed by atoms with Gasteiger partial charge in [-0.25, -0.2) is 16.8 Å². The number of nitrogens with one attached hydrogen (secondary N) is 2. The van der Waals surface area contributed by atoms with Crippen molar-refractivity contribution in [1.82, 2.24) is 0 Å². The molecule has 0 aromatic heterocycles. The fraction of sp³-hybridized carbons (Fsp3) is 0.0741. The Bertz CT molecular complexity index is 1820. The summed E-state index contributed by atoms with van der Waals surface area (Å²) >= 11 is 24.4. The first kappa shape index (κ1) is 31.0. The van der Waals surface area contributed by atoms with Crippen LogP contribution in [0.4, 0.5) is 17.1 Å². The lowest BCUT2D eigenvalue weighted by atomic mass is 10.2. The largest absolute Gasteiger partial charge is 0.325 e. The molecule has 14 heteroatoms. The topological polar surface area (TPSA) is 113 Å². The molecule has 0 aliphatic heterocycles. The number of nitrogens with zero attached hydrogens (tertiary/aromatic N) is 1. The molecule has 0 aliphatic carbocycles. The predicted molar refractivity (Wildman–Crippen MR) is 165 cm³/mol. The standard InChI is InChI=1S/C27H21Cl4N3O5S2/c1-17-5-10-21(11-6-17)41(38,39)34(25-4-2-3-22(29)27(25)31)16-26(35)32-19-8-12-20(13-9-19)40(36,37)33-24-14-7-18(28)15-23(24)30/h2-15,33H,16H2,1H3,(H,32,35). The maximum Gasteiger partial charge on any atom is 0.264 e. The Hall–Kier alpha value is -2.99. The van der Waals surface area contributed by atoms with E-state index in [-0.39, 0.29) is 41.9 Å². The first-order chi connectivity index (χ1) is 19.3. The summed E-state index contributed by atoms with van der Waals surface area (Å²) in [6, 6.07) is 20.2. The number of aryl methyl sites for hydroxylation is 1. The highest BCUT2D eigenvalue weighted by Crippen LogP contribution is 2.35. The van der Waals surface area contributed by atoms with Crippen LogP contribution < -0.4 is 14.3 Å². The molecule has 0 spiro atoms. The van der Waals surface area contributed by atoms with Gasteiger partial charge in [0.05, 0.1) is 36.2 Å². The predicted octanol–water partition coefficient (Wildman–Crippen LogP) is 7.24. The van der Waals surface area contributed by atoms with E-state index in [1.54, 1.807) is 12.1 Å². The number of hydrogen-bond donors (Lipinski definition) is 2. The zero-order valence-corrected chi connectivity index (χ0v) is 25.8. The number of carbonyl (C=O) groups is 1. The van der Waals surface area contributed by atoms with Gasteiger partial charge in [0.2, 0.25) is 5.91 Å². The summed E-state index contributed by atoms with van der Waals surface area (Å²) in [5.74, 6) is -0.710. The van der Waals surface area contributed by atoms with E-state index in [1.165, 1.54) is 72.8 Å². The third-order valence-corrected chi connectivity index (χ3v) is 10.2. The van der Waals surface area contributed by atoms with Crippen LogP contribution in [0.15, 0.2) is 94.7 Å². The van der Waals surface area contributed by atoms with Crippen molar-refractivity contribution in [1.29, 1.82) is 0 Å². The maximum absolute atomic E-state index is 13.6. The minimum absolute atomic E-state index is 0.0169. The molecule has 4 rings (SSSR count). The third-order valence-electron chi connectivity index (χ3n) is 5.72. The van der Waals surface area contributed by atoms with Crippen LogP contribution in [0.1, 0.15) is 5.56 Å². The first-order valence-corrected chi connectivity index (χ1v) is 16.1. The van der Waals surface area contributed by atoms with Gasteiger partial charge in [-0.2, -0.15) is 0 Å². The fourth-order valence-corrected chi connectivity index (χ4v) is 7.12. The van der Waals surface area contributed by atoms with Crippen molar-refractivity contribution in [3.05, 3.63) is 111 Å². The second kappa shape index (κ2) is 12.5. The Labute approximate surface area is 257 Å². The molecule has 0 bridgehead atoms. The smallest absolute Gasteiger partial charge is 0.264 e. The van der Waals surface area contributed by atoms with Crippen LogP contribution in [0.5, 0.6) is 0 Å². The maximum atomic E-state index is 13.6. The zero-order chi connectivity index (χ0) is 29.9. The van der Waals surface area contributed by atoms with Crippen LogP contribution in [0, 0.1) is 6.92 Å². The van der Waals surface area contributed by atoms with Crippen LogP contribution in [0.3, 0.4) is 0 Å². The van der Waals surface area contributed by atoms with Gasteiger partial charge in [0.1, 0.15) is 6.54 Å². The average Bonchev–Trinajstić information content (AvgIpc) is 2.91. The number of amides is 1. The molecule has 0 aliphatic rings. The van der Waals surface area contributed by atoms with Gasteiger partial charge >= 0.3 is 0 Å². The molecule has 0 unspecified atom stereocenters. The van der Waals surface area contributed by atoms with E-state index >= 15 is 0 Å². The molecule has 0 saturated carbocycles. The van der Waals surface area contributed by atoms with Crippen LogP contribution in [-0.2, 0) is 24.8 Å². The third kappa shape index (κ3) is 7.27. The summed E-state index contributed by atoms with van der Waals surface area (Å²) in [6.45, 7) is 1.17. The van der Waals surface area contributed by atoms with Crippen molar-refractivity contribution < 1.29 is 21.6 Å². The van der Waals surface area contributed by atoms with Gasteiger partial charge in [0.25, 0.3) is 20.0 Å². The van der Waals surface area contributed by atoms with E-state index < -0.39 is 32.5 Å². The fourth-order valence-electron chi connectivity index (χ4n) is 3.65. The normalized spacial score (nSPS) is 11.6. The van der Waals surface area contributed by atoms with Gasteiger partial charge in [-0.15, -0.1) is 0 Å². The molecule has 2 N–H and O–H groups in total. The average molecular weight is 673 g/mol. The molecule has 41 heavy (non-hydrogen) atoms. The Morgan fingerprint density at radius 2 is 1.41 bits per heavy atom. The SMILES string of the molecule is Cc1ccc(S(=O)(=O)N(CC(=O)Nc2ccc(S(=O)(=O)Nc3ccc(Cl)cc3Cl)cc2)c2cccc(Cl)c2Cl)cc1. The number of carbonyl (C=O) groups excluding carboxylic acids is 1. The molecular weight excluding hydrogens is 652 g/mol. The minimum atomic E-state index is -4.24. The van der Waals surface area contributed by atoms with Gasteiger partial charge in [-0.3, -0.25) is 13.8 Å². The quantitative estimate of drug-likeness (QED) is 0.195. The molecule has 0 saturated heterocycles. The van der Waals surface area contributed by atoms with Crippen molar-refractivity contribution in [2.45, 2.75) is 16.7 Å². The Morgan fingerprint density at radius 1 is 0.780 bits per heavy atom. The molecule has 214 valence electrons. The minimum Gasteiger partial charge on any atom is -0.325 e. The summed E-state index contributed by atoms with van der Waals surface area (Å²) in [6.07, 6.45) is 0. The molecule has 4 aromatic rings. The highest BCUT2D eigenvalue weighted by Gasteiger charge is 2.29. The number of rotatable bonds is 9. The lowest BCUT2D eigenvalue weighted by Gasteiger charge is -2.25. The summed E-state index contributed by atoms with van der Waals surface area (Å²) in [7, 11) is -8.25. The van der Waals surface area contributed by atoms with Crippen molar-refractivity contribution >= 4 is 89.4 Å². The molecule has 8 nitrogen and oxygen atoms in total. The lowest BCUT2D eigenvalue weighted by molar-refractivity contribution is -0.114. The van der Waals surface area contributed by atoms with Crippen molar-refractivity contribution in [3.8, 4) is 0 Å². The molecule has 0 atom stereocenters. The first-order valence-electron chi connectivity index (χ1n) is 11.7. The molecule has 4 aromatic carbocycles. The van der Waals surface area contributed by atoms with E-state index in [0.29, 0.717) is 5.02 Å². The van der Waals surface area contributed by atoms with Gasteiger partial charge < -0.3 is 5.32 Å². The molecule has 1 amide bonds. The van der Waals surface area contributed by atoms with Crippen LogP contribution in [-0.4, -0.2) is 29.3 Å². The number of benzene rings is 4. The van der Waals surface area contributed by atoms with Crippen LogP contribution in [0.2, 0.25) is 20.1 Å². The molecule has 0 radical (unpaired) electrons. The van der Waals surface area contributed by atoms with Gasteiger partial charge in [0, 0.05) is 10.7 Å². The summed E-state index contributed by atoms with van der Waals surface area (Å²) in [4.78, 5) is 12.9. The van der Waals surface area contributed by atoms with E-state index in [9.17, 15) is 21.6 Å². The van der Waals surface area contributed by atoms with Crippen LogP contribution >= 0.6 is 46.4 Å². The van der Waals surface area contributed by atoms with E-state index in [4.69, 9.17) is 46.4 Å². The number of sulfonamides is 2. The lowest BCUT2D eigenvalue weighted by Crippen LogP contribution is -2.38. The van der Waals surface area contributed by atoms with E-state index in [1.807, 2.05) is 6.92 Å². The van der Waals surface area contributed by atoms with Crippen molar-refractivity contribution in [2.24, 2.45) is 0 Å². The van der Waals surface area contributed by atoms with E-state index in [2.05, 4.69) is 10.0 Å². The van der Waals surface area contributed by atoms with Crippen LogP contribution in [0.25, 0.3) is 0 Å². The zero-order valence-electron chi connectivity index (χ0n) is 21.1. The molecule has 0 heterocycles. The second-order valence-electron chi connectivity index (χ2n) is 8.70. The summed E-state index contributed by atoms with van der Waals surface area (Å²) < 4.78 is 56.1. The Morgan fingerprint density at radius 3 is 2.05 bits per heavy atom. The van der Waals surface area contributed by atoms with E-state index in [0.717, 1.165) is 9.87 Å². The highest BCUT2D eigenvalue weighted by molar-refractivity contribution is 7.93.